The Hall–Kier alpha value is -1.70. The number of nitrogens with two attached hydrogens (primary N) is 1. The number of aryl methyl sites for hydroxylation is 1. The maximum atomic E-state index is 12.0. The Kier molecular flexibility index (Phi) is 9.41. The van der Waals surface area contributed by atoms with Gasteiger partial charge in [0.2, 0.25) is 5.91 Å². The zero-order valence-electron chi connectivity index (χ0n) is 14.2. The van der Waals surface area contributed by atoms with Crippen molar-refractivity contribution in [1.82, 2.24) is 5.32 Å². The number of hydrogen-bond donors (Lipinski definition) is 2. The van der Waals surface area contributed by atoms with E-state index in [9.17, 15) is 14.9 Å². The van der Waals surface area contributed by atoms with Crippen LogP contribution in [0.5, 0.6) is 0 Å². The summed E-state index contributed by atoms with van der Waals surface area (Å²) in [5.74, 6) is 0.121. The number of nitrogens with zero attached hydrogens (tertiary/aromatic N) is 1. The monoisotopic (exact) mass is 371 g/mol. The highest BCUT2D eigenvalue weighted by Gasteiger charge is 2.26. The Bertz CT molecular complexity index is 547. The number of ether oxygens (including phenoxy) is 1. The number of benzene rings is 1. The molecular weight excluding hydrogens is 346 g/mol. The Morgan fingerprint density at radius 3 is 2.52 bits per heavy atom. The molecule has 1 aliphatic heterocycles. The van der Waals surface area contributed by atoms with Crippen molar-refractivity contribution in [2.45, 2.75) is 38.1 Å². The number of halogens is 1. The summed E-state index contributed by atoms with van der Waals surface area (Å²) in [6, 6.07) is 6.13. The third kappa shape index (κ3) is 6.97. The minimum atomic E-state index is -0.455. The smallest absolute Gasteiger partial charge is 0.269 e. The molecule has 1 unspecified atom stereocenters. The second-order valence-corrected chi connectivity index (χ2v) is 6.15. The number of non-ortho nitro benzene ring substituents is 1. The van der Waals surface area contributed by atoms with Gasteiger partial charge in [-0.1, -0.05) is 12.1 Å². The summed E-state index contributed by atoms with van der Waals surface area (Å²) in [5, 5.41) is 13.5. The van der Waals surface area contributed by atoms with Crippen molar-refractivity contribution in [2.75, 3.05) is 19.8 Å². The molecule has 2 rings (SSSR count). The molecule has 140 valence electrons. The predicted molar refractivity (Wildman–Crippen MR) is 97.8 cm³/mol. The molecule has 1 fully saturated rings. The van der Waals surface area contributed by atoms with Crippen LogP contribution in [0, 0.1) is 16.0 Å². The summed E-state index contributed by atoms with van der Waals surface area (Å²) in [6.07, 6.45) is 4.27. The number of carbonyl (C=O) groups excluding carboxylic acids is 1. The minimum absolute atomic E-state index is 0. The predicted octanol–water partition coefficient (Wildman–Crippen LogP) is 2.21. The molecule has 0 aromatic heterocycles. The number of nitrogens with one attached hydrogen (secondary N) is 1. The van der Waals surface area contributed by atoms with E-state index in [1.165, 1.54) is 12.1 Å². The molecule has 0 aliphatic carbocycles. The van der Waals surface area contributed by atoms with Gasteiger partial charge in [0.05, 0.1) is 11.0 Å². The van der Waals surface area contributed by atoms with E-state index < -0.39 is 11.0 Å². The van der Waals surface area contributed by atoms with Crippen molar-refractivity contribution >= 4 is 24.0 Å². The number of nitro benzene ring substituents is 1. The average molecular weight is 372 g/mol. The van der Waals surface area contributed by atoms with Crippen LogP contribution in [-0.4, -0.2) is 36.6 Å². The molecule has 3 N–H and O–H groups in total. The van der Waals surface area contributed by atoms with Gasteiger partial charge in [0.15, 0.2) is 0 Å². The lowest BCUT2D eigenvalue weighted by atomic mass is 9.92. The molecule has 0 bridgehead atoms. The minimum Gasteiger partial charge on any atom is -0.381 e. The first-order valence-corrected chi connectivity index (χ1v) is 8.42. The van der Waals surface area contributed by atoms with E-state index in [4.69, 9.17) is 10.5 Å². The molecule has 8 heteroatoms. The van der Waals surface area contributed by atoms with Gasteiger partial charge in [0.1, 0.15) is 0 Å². The van der Waals surface area contributed by atoms with Gasteiger partial charge in [0.25, 0.3) is 5.69 Å². The largest absolute Gasteiger partial charge is 0.381 e. The van der Waals surface area contributed by atoms with E-state index in [0.717, 1.165) is 37.7 Å². The van der Waals surface area contributed by atoms with Crippen molar-refractivity contribution in [3.05, 3.63) is 39.9 Å². The molecule has 0 radical (unpaired) electrons. The third-order valence-corrected chi connectivity index (χ3v) is 4.42. The van der Waals surface area contributed by atoms with Crippen molar-refractivity contribution in [1.29, 1.82) is 0 Å². The molecule has 1 saturated heterocycles. The lowest BCUT2D eigenvalue weighted by Gasteiger charge is -2.26. The van der Waals surface area contributed by atoms with E-state index >= 15 is 0 Å². The summed E-state index contributed by atoms with van der Waals surface area (Å²) in [4.78, 5) is 22.2. The van der Waals surface area contributed by atoms with Crippen LogP contribution in [0.2, 0.25) is 0 Å². The number of carbonyl (C=O) groups is 1. The average Bonchev–Trinajstić information content (AvgIpc) is 2.61. The van der Waals surface area contributed by atoms with Crippen LogP contribution in [0.4, 0.5) is 5.69 Å². The van der Waals surface area contributed by atoms with Crippen LogP contribution in [-0.2, 0) is 16.0 Å². The quantitative estimate of drug-likeness (QED) is 0.414. The lowest BCUT2D eigenvalue weighted by molar-refractivity contribution is -0.384. The highest BCUT2D eigenvalue weighted by atomic mass is 35.5. The van der Waals surface area contributed by atoms with Gasteiger partial charge in [-0.25, -0.2) is 0 Å². The zero-order chi connectivity index (χ0) is 17.4. The molecule has 0 spiro atoms. The van der Waals surface area contributed by atoms with E-state index in [0.29, 0.717) is 19.8 Å². The van der Waals surface area contributed by atoms with E-state index in [-0.39, 0.29) is 29.9 Å². The number of hydrogen-bond acceptors (Lipinski definition) is 5. The highest BCUT2D eigenvalue weighted by Crippen LogP contribution is 2.17. The molecule has 25 heavy (non-hydrogen) atoms. The van der Waals surface area contributed by atoms with Crippen LogP contribution >= 0.6 is 12.4 Å². The third-order valence-electron chi connectivity index (χ3n) is 4.42. The zero-order valence-corrected chi connectivity index (χ0v) is 15.0. The molecule has 0 saturated carbocycles. The van der Waals surface area contributed by atoms with Crippen LogP contribution < -0.4 is 11.1 Å². The standard InChI is InChI=1S/C17H25N3O4.ClH/c18-16(14-8-11-24-12-9-14)17(21)19-10-2-1-3-13-4-6-15(7-5-13)20(22)23;/h4-7,14,16H,1-3,8-12,18H2,(H,19,21);1H. The van der Waals surface area contributed by atoms with Crippen LogP contribution in [0.3, 0.4) is 0 Å². The van der Waals surface area contributed by atoms with Gasteiger partial charge in [-0.15, -0.1) is 12.4 Å². The Labute approximate surface area is 153 Å². The van der Waals surface area contributed by atoms with Gasteiger partial charge >= 0.3 is 0 Å². The van der Waals surface area contributed by atoms with Crippen molar-refractivity contribution in [3.63, 3.8) is 0 Å². The molecule has 1 aliphatic rings. The maximum Gasteiger partial charge on any atom is 0.269 e. The topological polar surface area (TPSA) is 107 Å². The molecule has 1 heterocycles. The molecule has 1 aromatic rings. The van der Waals surface area contributed by atoms with Gasteiger partial charge in [-0.05, 0) is 43.6 Å². The first-order chi connectivity index (χ1) is 11.6. The molecule has 1 atom stereocenters. The number of rotatable bonds is 8. The van der Waals surface area contributed by atoms with Crippen LogP contribution in [0.25, 0.3) is 0 Å². The Balaban J connectivity index is 0.00000312. The highest BCUT2D eigenvalue weighted by molar-refractivity contribution is 5.85. The molecule has 1 aromatic carbocycles. The van der Waals surface area contributed by atoms with Gasteiger partial charge in [0, 0.05) is 31.9 Å². The van der Waals surface area contributed by atoms with Crippen molar-refractivity contribution in [2.24, 2.45) is 11.7 Å². The summed E-state index contributed by atoms with van der Waals surface area (Å²) in [5.41, 5.74) is 7.18. The molecule has 1 amide bonds. The first kappa shape index (κ1) is 21.3. The summed E-state index contributed by atoms with van der Waals surface area (Å²) in [6.45, 7) is 1.96. The van der Waals surface area contributed by atoms with Gasteiger partial charge < -0.3 is 15.8 Å². The van der Waals surface area contributed by atoms with Gasteiger partial charge in [-0.3, -0.25) is 14.9 Å². The number of nitro groups is 1. The normalized spacial score (nSPS) is 15.9. The first-order valence-electron chi connectivity index (χ1n) is 8.42. The summed E-state index contributed by atoms with van der Waals surface area (Å²) in [7, 11) is 0. The molecule has 7 nitrogen and oxygen atoms in total. The van der Waals surface area contributed by atoms with Gasteiger partial charge in [-0.2, -0.15) is 0 Å². The number of unbranched alkanes of at least 4 members (excludes halogenated alkanes) is 1. The Morgan fingerprint density at radius 2 is 1.92 bits per heavy atom. The van der Waals surface area contributed by atoms with E-state index in [1.54, 1.807) is 12.1 Å². The van der Waals surface area contributed by atoms with Crippen molar-refractivity contribution < 1.29 is 14.5 Å². The van der Waals surface area contributed by atoms with E-state index in [1.807, 2.05) is 0 Å². The maximum absolute atomic E-state index is 12.0. The van der Waals surface area contributed by atoms with E-state index in [2.05, 4.69) is 5.32 Å². The second-order valence-electron chi connectivity index (χ2n) is 6.15. The SMILES string of the molecule is Cl.NC(C(=O)NCCCCc1ccc([N+](=O)[O-])cc1)C1CCOCC1. The second kappa shape index (κ2) is 11.0. The summed E-state index contributed by atoms with van der Waals surface area (Å²) >= 11 is 0. The van der Waals surface area contributed by atoms with Crippen molar-refractivity contribution in [3.8, 4) is 0 Å². The fourth-order valence-electron chi connectivity index (χ4n) is 2.86. The lowest BCUT2D eigenvalue weighted by Crippen LogP contribution is -2.47. The number of amides is 1. The van der Waals surface area contributed by atoms with Crippen LogP contribution in [0.1, 0.15) is 31.2 Å². The van der Waals surface area contributed by atoms with Crippen LogP contribution in [0.15, 0.2) is 24.3 Å². The fraction of sp³-hybridized carbons (Fsp3) is 0.588. The fourth-order valence-corrected chi connectivity index (χ4v) is 2.86. The Morgan fingerprint density at radius 1 is 1.28 bits per heavy atom. The molecular formula is C17H26ClN3O4. The summed E-state index contributed by atoms with van der Waals surface area (Å²) < 4.78 is 5.28.